The van der Waals surface area contributed by atoms with Crippen LogP contribution in [0.1, 0.15) is 96.0 Å². The molecule has 1 N–H and O–H groups in total. The third-order valence-corrected chi connectivity index (χ3v) is 21.8. The lowest BCUT2D eigenvalue weighted by atomic mass is 10.1. The molecule has 0 bridgehead atoms. The van der Waals surface area contributed by atoms with Crippen LogP contribution in [0.15, 0.2) is 18.6 Å². The molecule has 3 atom stereocenters. The van der Waals surface area contributed by atoms with Crippen molar-refractivity contribution in [2.24, 2.45) is 5.92 Å². The third-order valence-electron chi connectivity index (χ3n) is 9.74. The van der Waals surface area contributed by atoms with Crippen molar-refractivity contribution in [3.05, 3.63) is 38.9 Å². The molecule has 3 rings (SSSR count). The number of nitrogens with zero attached hydrogens (tertiary/aromatic N) is 2. The van der Waals surface area contributed by atoms with Gasteiger partial charge in [0.05, 0.1) is 27.5 Å². The minimum atomic E-state index is -2.12. The second kappa shape index (κ2) is 14.5. The lowest BCUT2D eigenvalue weighted by molar-refractivity contribution is 0.0971. The summed E-state index contributed by atoms with van der Waals surface area (Å²) in [6, 6.07) is 1.89. The third kappa shape index (κ3) is 8.18. The smallest absolute Gasteiger partial charge is 0.208 e. The van der Waals surface area contributed by atoms with E-state index in [2.05, 4.69) is 90.7 Å². The van der Waals surface area contributed by atoms with Crippen LogP contribution in [-0.4, -0.2) is 58.2 Å². The van der Waals surface area contributed by atoms with Crippen LogP contribution in [0.2, 0.25) is 39.1 Å². The number of aromatic nitrogens is 2. The van der Waals surface area contributed by atoms with E-state index in [1.54, 1.807) is 19.4 Å². The number of anilines is 1. The Hall–Kier alpha value is -1.15. The number of nitrogens with one attached hydrogen (secondary N) is 1. The number of carbonyl (C=O) groups is 1. The van der Waals surface area contributed by atoms with Crippen molar-refractivity contribution in [3.8, 4) is 0 Å². The van der Waals surface area contributed by atoms with E-state index < -0.39 is 16.6 Å². The molecule has 242 valence electrons. The van der Waals surface area contributed by atoms with Crippen LogP contribution in [0.25, 0.3) is 0 Å². The maximum Gasteiger partial charge on any atom is 0.208 e. The Bertz CT molecular complexity index is 1210. The van der Waals surface area contributed by atoms with Crippen LogP contribution in [-0.2, 0) is 20.2 Å². The molecule has 0 saturated heterocycles. The Labute approximate surface area is 271 Å². The molecular formula is C32H54ClN3O4SSi2. The number of hydrogen-bond acceptors (Lipinski definition) is 8. The van der Waals surface area contributed by atoms with Gasteiger partial charge in [0.25, 0.3) is 0 Å². The quantitative estimate of drug-likeness (QED) is 0.159. The normalized spacial score (nSPS) is 20.0. The summed E-state index contributed by atoms with van der Waals surface area (Å²) in [6.07, 6.45) is 4.89. The molecule has 2 aromatic rings. The summed E-state index contributed by atoms with van der Waals surface area (Å²) in [4.78, 5) is 22.9. The highest BCUT2D eigenvalue weighted by atomic mass is 35.5. The van der Waals surface area contributed by atoms with Gasteiger partial charge in [-0.3, -0.25) is 4.79 Å². The van der Waals surface area contributed by atoms with Gasteiger partial charge in [-0.2, -0.15) is 0 Å². The summed E-state index contributed by atoms with van der Waals surface area (Å²) >= 11 is 7.65. The first kappa shape index (κ1) is 36.3. The Morgan fingerprint density at radius 3 is 2.30 bits per heavy atom. The van der Waals surface area contributed by atoms with Crippen LogP contribution in [0.5, 0.6) is 0 Å². The van der Waals surface area contributed by atoms with Gasteiger partial charge >= 0.3 is 0 Å². The summed E-state index contributed by atoms with van der Waals surface area (Å²) in [6.45, 7) is 26.6. The van der Waals surface area contributed by atoms with E-state index in [1.807, 2.05) is 0 Å². The Balaban J connectivity index is 1.90. The van der Waals surface area contributed by atoms with Crippen molar-refractivity contribution >= 4 is 51.2 Å². The molecule has 1 fully saturated rings. The molecule has 0 unspecified atom stereocenters. The number of rotatable bonds is 14. The molecule has 0 radical (unpaired) electrons. The maximum atomic E-state index is 13.6. The van der Waals surface area contributed by atoms with Crippen LogP contribution in [0, 0.1) is 5.92 Å². The van der Waals surface area contributed by atoms with Crippen LogP contribution < -0.4 is 5.32 Å². The zero-order chi connectivity index (χ0) is 32.3. The highest BCUT2D eigenvalue weighted by Gasteiger charge is 2.50. The molecular weight excluding hydrogens is 614 g/mol. The number of hydrogen-bond donors (Lipinski definition) is 1. The fourth-order valence-corrected chi connectivity index (χ4v) is 14.3. The molecule has 0 amide bonds. The van der Waals surface area contributed by atoms with Gasteiger partial charge in [-0.15, -0.1) is 11.3 Å². The number of ketones is 1. The van der Waals surface area contributed by atoms with Gasteiger partial charge in [0.15, 0.2) is 8.32 Å². The number of ether oxygens (including phenoxy) is 1. The number of halogens is 1. The predicted octanol–water partition coefficient (Wildman–Crippen LogP) is 9.34. The lowest BCUT2D eigenvalue weighted by Gasteiger charge is -2.45. The van der Waals surface area contributed by atoms with E-state index in [0.717, 1.165) is 18.4 Å². The molecule has 2 aromatic heterocycles. The minimum absolute atomic E-state index is 0.0785. The van der Waals surface area contributed by atoms with Crippen molar-refractivity contribution < 1.29 is 18.4 Å². The van der Waals surface area contributed by atoms with Gasteiger partial charge in [0, 0.05) is 37.4 Å². The van der Waals surface area contributed by atoms with Crippen LogP contribution in [0.4, 0.5) is 5.82 Å². The van der Waals surface area contributed by atoms with Crippen molar-refractivity contribution in [3.63, 3.8) is 0 Å². The second-order valence-electron chi connectivity index (χ2n) is 14.6. The second-order valence-corrected chi connectivity index (χ2v) is 26.4. The molecule has 43 heavy (non-hydrogen) atoms. The fourth-order valence-electron chi connectivity index (χ4n) is 6.44. The molecule has 1 aliphatic carbocycles. The van der Waals surface area contributed by atoms with Gasteiger partial charge in [0.1, 0.15) is 12.1 Å². The van der Waals surface area contributed by atoms with E-state index in [-0.39, 0.29) is 28.9 Å². The van der Waals surface area contributed by atoms with E-state index >= 15 is 0 Å². The molecule has 1 saturated carbocycles. The molecule has 0 spiro atoms. The van der Waals surface area contributed by atoms with Crippen LogP contribution >= 0.6 is 22.9 Å². The SMILES string of the molecule is COCc1cc(C(=O)c2cncnc2N[C@@H]2C[C@H](CO[Si](C)(C)C(C)(C)C)[C@H](O[Si](C(C)C)(C(C)C)C(C)C)C2)sc1Cl. The summed E-state index contributed by atoms with van der Waals surface area (Å²) in [5, 5.41) is 3.77. The number of carbonyl (C=O) groups excluding carboxylic acids is 1. The lowest BCUT2D eigenvalue weighted by Crippen LogP contribution is -2.51. The molecule has 1 aliphatic rings. The van der Waals surface area contributed by atoms with Crippen molar-refractivity contribution in [1.29, 1.82) is 0 Å². The monoisotopic (exact) mass is 667 g/mol. The first-order valence-corrected chi connectivity index (χ1v) is 21.9. The van der Waals surface area contributed by atoms with Crippen molar-refractivity contribution in [2.45, 2.75) is 129 Å². The number of thiophene rings is 1. The van der Waals surface area contributed by atoms with Crippen molar-refractivity contribution in [1.82, 2.24) is 9.97 Å². The fraction of sp³-hybridized carbons (Fsp3) is 0.719. The van der Waals surface area contributed by atoms with Gasteiger partial charge in [-0.1, -0.05) is 73.9 Å². The Kier molecular flexibility index (Phi) is 12.3. The van der Waals surface area contributed by atoms with Gasteiger partial charge < -0.3 is 18.9 Å². The zero-order valence-electron chi connectivity index (χ0n) is 28.3. The number of methoxy groups -OCH3 is 1. The average Bonchev–Trinajstić information content (AvgIpc) is 3.47. The summed E-state index contributed by atoms with van der Waals surface area (Å²) < 4.78 is 20.0. The molecule has 7 nitrogen and oxygen atoms in total. The van der Waals surface area contributed by atoms with Gasteiger partial charge in [-0.25, -0.2) is 9.97 Å². The van der Waals surface area contributed by atoms with Gasteiger partial charge in [0.2, 0.25) is 14.1 Å². The Morgan fingerprint density at radius 2 is 1.74 bits per heavy atom. The average molecular weight is 668 g/mol. The van der Waals surface area contributed by atoms with E-state index in [0.29, 0.717) is 50.4 Å². The molecule has 0 aromatic carbocycles. The maximum absolute atomic E-state index is 13.6. The topological polar surface area (TPSA) is 82.6 Å². The predicted molar refractivity (Wildman–Crippen MR) is 185 cm³/mol. The summed E-state index contributed by atoms with van der Waals surface area (Å²) in [5.41, 5.74) is 2.73. The van der Waals surface area contributed by atoms with E-state index in [1.165, 1.54) is 17.7 Å². The van der Waals surface area contributed by atoms with Crippen molar-refractivity contribution in [2.75, 3.05) is 19.0 Å². The van der Waals surface area contributed by atoms with E-state index in [4.69, 9.17) is 25.2 Å². The highest BCUT2D eigenvalue weighted by Crippen LogP contribution is 2.47. The zero-order valence-corrected chi connectivity index (χ0v) is 31.9. The largest absolute Gasteiger partial charge is 0.416 e. The molecule has 2 heterocycles. The minimum Gasteiger partial charge on any atom is -0.416 e. The van der Waals surface area contributed by atoms with Gasteiger partial charge in [-0.05, 0) is 53.7 Å². The molecule has 11 heteroatoms. The summed E-state index contributed by atoms with van der Waals surface area (Å²) in [7, 11) is -2.45. The highest BCUT2D eigenvalue weighted by molar-refractivity contribution is 7.18. The Morgan fingerprint density at radius 1 is 1.12 bits per heavy atom. The first-order chi connectivity index (χ1) is 19.9. The first-order valence-electron chi connectivity index (χ1n) is 15.6. The molecule has 0 aliphatic heterocycles. The van der Waals surface area contributed by atoms with Crippen LogP contribution in [0.3, 0.4) is 0 Å². The summed E-state index contributed by atoms with van der Waals surface area (Å²) in [5.74, 6) is 0.655. The standard InChI is InChI=1S/C32H54ClN3O4SSi2/c1-20(2)43(21(3)4,22(5)6)40-27-15-25(13-23(27)18-39-42(11,12)32(7,8)9)36-31-26(16-34-19-35-31)29(37)28-14-24(17-38-10)30(33)41-28/h14,16,19-23,25,27H,13,15,17-18H2,1-12H3,(H,34,35,36)/t23-,25-,27-/m1/s1. The van der Waals surface area contributed by atoms with E-state index in [9.17, 15) is 4.79 Å².